The van der Waals surface area contributed by atoms with E-state index in [4.69, 9.17) is 19.8 Å². The van der Waals surface area contributed by atoms with Crippen LogP contribution in [0.25, 0.3) is 0 Å². The number of ether oxygens (including phenoxy) is 1. The van der Waals surface area contributed by atoms with E-state index >= 15 is 0 Å². The van der Waals surface area contributed by atoms with Gasteiger partial charge in [-0.25, -0.2) is 4.98 Å². The topological polar surface area (TPSA) is 66.6 Å². The number of hydrogen-bond donors (Lipinski definition) is 1. The molecule has 5 nitrogen and oxygen atoms in total. The van der Waals surface area contributed by atoms with Crippen molar-refractivity contribution in [3.8, 4) is 5.88 Å². The molecular formula is C13H21BN2O3. The molecule has 0 aromatic carbocycles. The summed E-state index contributed by atoms with van der Waals surface area (Å²) < 4.78 is 17.4. The summed E-state index contributed by atoms with van der Waals surface area (Å²) in [6, 6.07) is 3.70. The summed E-state index contributed by atoms with van der Waals surface area (Å²) in [4.78, 5) is 4.13. The van der Waals surface area contributed by atoms with Crippen LogP contribution in [0.1, 0.15) is 27.7 Å². The molecule has 104 valence electrons. The Morgan fingerprint density at radius 2 is 1.89 bits per heavy atom. The average Bonchev–Trinajstić information content (AvgIpc) is 2.56. The molecule has 0 amide bonds. The first-order valence-electron chi connectivity index (χ1n) is 6.50. The number of nitrogens with two attached hydrogens (primary N) is 1. The Balaban J connectivity index is 2.15. The van der Waals surface area contributed by atoms with E-state index in [1.54, 1.807) is 6.20 Å². The van der Waals surface area contributed by atoms with E-state index in [1.165, 1.54) is 0 Å². The van der Waals surface area contributed by atoms with Crippen LogP contribution in [0.5, 0.6) is 5.88 Å². The molecule has 1 aromatic heterocycles. The summed E-state index contributed by atoms with van der Waals surface area (Å²) >= 11 is 0. The normalized spacial score (nSPS) is 20.6. The van der Waals surface area contributed by atoms with E-state index in [-0.39, 0.29) is 11.2 Å². The van der Waals surface area contributed by atoms with Crippen LogP contribution < -0.4 is 15.9 Å². The van der Waals surface area contributed by atoms with Crippen molar-refractivity contribution in [2.75, 3.05) is 13.2 Å². The molecule has 1 aromatic rings. The van der Waals surface area contributed by atoms with Gasteiger partial charge >= 0.3 is 7.12 Å². The lowest BCUT2D eigenvalue weighted by Crippen LogP contribution is -2.41. The molecule has 1 saturated heterocycles. The largest absolute Gasteiger partial charge is 0.495 e. The van der Waals surface area contributed by atoms with Crippen molar-refractivity contribution in [3.63, 3.8) is 0 Å². The van der Waals surface area contributed by atoms with Crippen molar-refractivity contribution in [3.05, 3.63) is 18.3 Å². The Kier molecular flexibility index (Phi) is 3.85. The Morgan fingerprint density at radius 1 is 1.26 bits per heavy atom. The zero-order valence-corrected chi connectivity index (χ0v) is 12.0. The van der Waals surface area contributed by atoms with Gasteiger partial charge in [0.1, 0.15) is 6.61 Å². The molecule has 0 radical (unpaired) electrons. The highest BCUT2D eigenvalue weighted by Gasteiger charge is 2.51. The molecule has 2 heterocycles. The van der Waals surface area contributed by atoms with Crippen LogP contribution >= 0.6 is 0 Å². The third kappa shape index (κ3) is 2.91. The maximum absolute atomic E-state index is 5.98. The van der Waals surface area contributed by atoms with Crippen molar-refractivity contribution in [2.45, 2.75) is 38.9 Å². The van der Waals surface area contributed by atoms with Crippen molar-refractivity contribution >= 4 is 12.6 Å². The number of nitrogens with zero attached hydrogens (tertiary/aromatic N) is 1. The van der Waals surface area contributed by atoms with Crippen molar-refractivity contribution in [2.24, 2.45) is 5.73 Å². The molecule has 1 aliphatic heterocycles. The van der Waals surface area contributed by atoms with E-state index in [0.29, 0.717) is 19.0 Å². The molecule has 1 fully saturated rings. The van der Waals surface area contributed by atoms with Crippen LogP contribution in [-0.4, -0.2) is 36.5 Å². The highest BCUT2D eigenvalue weighted by atomic mass is 16.7. The van der Waals surface area contributed by atoms with E-state index in [9.17, 15) is 0 Å². The maximum atomic E-state index is 5.98. The quantitative estimate of drug-likeness (QED) is 0.811. The van der Waals surface area contributed by atoms with Gasteiger partial charge in [-0.15, -0.1) is 0 Å². The number of rotatable bonds is 4. The molecular weight excluding hydrogens is 243 g/mol. The van der Waals surface area contributed by atoms with E-state index in [2.05, 4.69) is 4.98 Å². The number of pyridine rings is 1. The summed E-state index contributed by atoms with van der Waals surface area (Å²) in [5.41, 5.74) is 5.61. The SMILES string of the molecule is CC1(C)OB(c2ccnc(OCCN)c2)OC1(C)C. The summed E-state index contributed by atoms with van der Waals surface area (Å²) in [5.74, 6) is 0.540. The predicted octanol–water partition coefficient (Wildman–Crippen LogP) is 0.718. The van der Waals surface area contributed by atoms with Crippen LogP contribution in [0.4, 0.5) is 0 Å². The first kappa shape index (κ1) is 14.3. The minimum Gasteiger partial charge on any atom is -0.476 e. The van der Waals surface area contributed by atoms with Crippen LogP contribution in [0.3, 0.4) is 0 Å². The fourth-order valence-electron chi connectivity index (χ4n) is 1.79. The lowest BCUT2D eigenvalue weighted by Gasteiger charge is -2.32. The minimum absolute atomic E-state index is 0.348. The van der Waals surface area contributed by atoms with E-state index in [1.807, 2.05) is 39.8 Å². The minimum atomic E-state index is -0.395. The summed E-state index contributed by atoms with van der Waals surface area (Å²) in [6.07, 6.45) is 1.69. The molecule has 0 saturated carbocycles. The Morgan fingerprint density at radius 3 is 2.47 bits per heavy atom. The molecule has 6 heteroatoms. The van der Waals surface area contributed by atoms with Crippen LogP contribution in [0.2, 0.25) is 0 Å². The van der Waals surface area contributed by atoms with Gasteiger partial charge in [-0.2, -0.15) is 0 Å². The third-order valence-electron chi connectivity index (χ3n) is 3.65. The molecule has 0 aliphatic carbocycles. The van der Waals surface area contributed by atoms with Crippen LogP contribution in [-0.2, 0) is 9.31 Å². The summed E-state index contributed by atoms with van der Waals surface area (Å²) in [5, 5.41) is 0. The number of aromatic nitrogens is 1. The molecule has 0 atom stereocenters. The highest BCUT2D eigenvalue weighted by molar-refractivity contribution is 6.62. The monoisotopic (exact) mass is 264 g/mol. The molecule has 2 rings (SSSR count). The fraction of sp³-hybridized carbons (Fsp3) is 0.615. The third-order valence-corrected chi connectivity index (χ3v) is 3.65. The summed E-state index contributed by atoms with van der Waals surface area (Å²) in [6.45, 7) is 9.02. The second-order valence-electron chi connectivity index (χ2n) is 5.65. The summed E-state index contributed by atoms with van der Waals surface area (Å²) in [7, 11) is -0.395. The van der Waals surface area contributed by atoms with Crippen molar-refractivity contribution in [1.82, 2.24) is 4.98 Å². The van der Waals surface area contributed by atoms with Gasteiger partial charge in [-0.3, -0.25) is 0 Å². The maximum Gasteiger partial charge on any atom is 0.495 e. The zero-order valence-electron chi connectivity index (χ0n) is 12.0. The first-order chi connectivity index (χ1) is 8.86. The molecule has 0 bridgehead atoms. The standard InChI is InChI=1S/C13H21BN2O3/c1-12(2)13(3,4)19-14(18-12)10-5-7-16-11(9-10)17-8-6-15/h5,7,9H,6,8,15H2,1-4H3. The van der Waals surface area contributed by atoms with Gasteiger partial charge in [-0.05, 0) is 39.2 Å². The van der Waals surface area contributed by atoms with Crippen molar-refractivity contribution < 1.29 is 14.0 Å². The molecule has 2 N–H and O–H groups in total. The van der Waals surface area contributed by atoms with Crippen molar-refractivity contribution in [1.29, 1.82) is 0 Å². The molecule has 19 heavy (non-hydrogen) atoms. The second kappa shape index (κ2) is 5.11. The molecule has 0 spiro atoms. The van der Waals surface area contributed by atoms with Gasteiger partial charge in [0.05, 0.1) is 11.2 Å². The van der Waals surface area contributed by atoms with Gasteiger partial charge in [-0.1, -0.05) is 0 Å². The Bertz CT molecular complexity index is 435. The molecule has 0 unspecified atom stereocenters. The predicted molar refractivity (Wildman–Crippen MR) is 74.5 cm³/mol. The first-order valence-corrected chi connectivity index (χ1v) is 6.50. The number of hydrogen-bond acceptors (Lipinski definition) is 5. The second-order valence-corrected chi connectivity index (χ2v) is 5.65. The molecule has 1 aliphatic rings. The van der Waals surface area contributed by atoms with Gasteiger partial charge in [0.15, 0.2) is 0 Å². The van der Waals surface area contributed by atoms with Gasteiger partial charge in [0, 0.05) is 18.8 Å². The van der Waals surface area contributed by atoms with E-state index in [0.717, 1.165) is 5.46 Å². The van der Waals surface area contributed by atoms with Crippen LogP contribution in [0, 0.1) is 0 Å². The lowest BCUT2D eigenvalue weighted by molar-refractivity contribution is 0.00578. The van der Waals surface area contributed by atoms with Gasteiger partial charge in [0.25, 0.3) is 0 Å². The Labute approximate surface area is 114 Å². The smallest absolute Gasteiger partial charge is 0.476 e. The van der Waals surface area contributed by atoms with Gasteiger partial charge < -0.3 is 19.8 Å². The Hall–Kier alpha value is -1.11. The lowest BCUT2D eigenvalue weighted by atomic mass is 9.80. The fourth-order valence-corrected chi connectivity index (χ4v) is 1.79. The zero-order chi connectivity index (χ0) is 14.1. The van der Waals surface area contributed by atoms with Crippen LogP contribution in [0.15, 0.2) is 18.3 Å². The average molecular weight is 264 g/mol. The van der Waals surface area contributed by atoms with Gasteiger partial charge in [0.2, 0.25) is 5.88 Å². The van der Waals surface area contributed by atoms with E-state index < -0.39 is 7.12 Å². The highest BCUT2D eigenvalue weighted by Crippen LogP contribution is 2.36.